The number of nitrogens with two attached hydrogens (primary N) is 1. The maximum absolute atomic E-state index is 6.25. The molecule has 3 nitrogen and oxygen atoms in total. The number of thiazole rings is 1. The molecule has 1 aliphatic rings. The normalized spacial score (nSPS) is 23.6. The second kappa shape index (κ2) is 5.37. The molecule has 1 aromatic heterocycles. The van der Waals surface area contributed by atoms with Crippen LogP contribution in [0, 0.1) is 5.92 Å². The molecule has 0 spiro atoms. The van der Waals surface area contributed by atoms with Crippen molar-refractivity contribution < 1.29 is 0 Å². The van der Waals surface area contributed by atoms with E-state index in [0.717, 1.165) is 22.8 Å². The lowest BCUT2D eigenvalue weighted by Crippen LogP contribution is -2.32. The zero-order chi connectivity index (χ0) is 13.2. The highest BCUT2D eigenvalue weighted by atomic mass is 32.1. The fourth-order valence-electron chi connectivity index (χ4n) is 3.16. The van der Waals surface area contributed by atoms with Crippen molar-refractivity contribution in [3.05, 3.63) is 17.6 Å². The molecule has 2 unspecified atom stereocenters. The van der Waals surface area contributed by atoms with Gasteiger partial charge < -0.3 is 11.1 Å². The third kappa shape index (κ3) is 2.41. The van der Waals surface area contributed by atoms with Gasteiger partial charge in [0.15, 0.2) is 0 Å². The number of anilines is 2. The van der Waals surface area contributed by atoms with Gasteiger partial charge in [-0.25, -0.2) is 4.98 Å². The van der Waals surface area contributed by atoms with Gasteiger partial charge in [-0.15, -0.1) is 11.3 Å². The SMILES string of the molecule is CCC1CCCCC1Nc1ccc2scnc2c1N. The van der Waals surface area contributed by atoms with Crippen LogP contribution in [0.4, 0.5) is 11.4 Å². The van der Waals surface area contributed by atoms with Crippen molar-refractivity contribution in [3.63, 3.8) is 0 Å². The molecule has 4 heteroatoms. The Labute approximate surface area is 118 Å². The number of fused-ring (bicyclic) bond motifs is 1. The molecule has 0 saturated heterocycles. The summed E-state index contributed by atoms with van der Waals surface area (Å²) >= 11 is 1.64. The van der Waals surface area contributed by atoms with Crippen molar-refractivity contribution >= 4 is 32.9 Å². The van der Waals surface area contributed by atoms with Gasteiger partial charge in [0, 0.05) is 6.04 Å². The number of hydrogen-bond acceptors (Lipinski definition) is 4. The Morgan fingerprint density at radius 3 is 3.05 bits per heavy atom. The predicted octanol–water partition coefficient (Wildman–Crippen LogP) is 4.26. The molecule has 102 valence electrons. The summed E-state index contributed by atoms with van der Waals surface area (Å²) in [6.45, 7) is 2.29. The Morgan fingerprint density at radius 2 is 2.21 bits per heavy atom. The molecular formula is C15H21N3S. The number of nitrogens with one attached hydrogen (secondary N) is 1. The van der Waals surface area contributed by atoms with Gasteiger partial charge in [0.25, 0.3) is 0 Å². The van der Waals surface area contributed by atoms with Crippen LogP contribution in [-0.2, 0) is 0 Å². The number of nitrogens with zero attached hydrogens (tertiary/aromatic N) is 1. The quantitative estimate of drug-likeness (QED) is 0.823. The average molecular weight is 275 g/mol. The molecule has 19 heavy (non-hydrogen) atoms. The van der Waals surface area contributed by atoms with Crippen LogP contribution in [0.25, 0.3) is 10.2 Å². The first-order valence-corrected chi connectivity index (χ1v) is 8.05. The average Bonchev–Trinajstić information content (AvgIpc) is 2.92. The zero-order valence-corrected chi connectivity index (χ0v) is 12.2. The Balaban J connectivity index is 1.85. The fraction of sp³-hybridized carbons (Fsp3) is 0.533. The molecule has 1 aromatic carbocycles. The van der Waals surface area contributed by atoms with E-state index in [1.54, 1.807) is 11.3 Å². The third-order valence-corrected chi connectivity index (χ3v) is 5.11. The second-order valence-electron chi connectivity index (χ2n) is 5.43. The molecular weight excluding hydrogens is 254 g/mol. The molecule has 0 amide bonds. The van der Waals surface area contributed by atoms with Crippen molar-refractivity contribution in [2.45, 2.75) is 45.1 Å². The summed E-state index contributed by atoms with van der Waals surface area (Å²) in [5.74, 6) is 0.777. The number of aromatic nitrogens is 1. The van der Waals surface area contributed by atoms with Crippen LogP contribution in [0.15, 0.2) is 17.6 Å². The van der Waals surface area contributed by atoms with Gasteiger partial charge in [-0.1, -0.05) is 26.2 Å². The molecule has 1 fully saturated rings. The second-order valence-corrected chi connectivity index (χ2v) is 6.32. The van der Waals surface area contributed by atoms with E-state index in [1.807, 2.05) is 5.51 Å². The molecule has 3 N–H and O–H groups in total. The zero-order valence-electron chi connectivity index (χ0n) is 11.4. The van der Waals surface area contributed by atoms with Gasteiger partial charge in [-0.3, -0.25) is 0 Å². The minimum Gasteiger partial charge on any atom is -0.395 e. The van der Waals surface area contributed by atoms with Gasteiger partial charge in [0.2, 0.25) is 0 Å². The standard InChI is InChI=1S/C15H21N3S/c1-2-10-5-3-4-6-11(10)18-12-7-8-13-15(14(12)16)17-9-19-13/h7-11,18H,2-6,16H2,1H3. The highest BCUT2D eigenvalue weighted by molar-refractivity contribution is 7.16. The first-order chi connectivity index (χ1) is 9.29. The lowest BCUT2D eigenvalue weighted by Gasteiger charge is -2.32. The summed E-state index contributed by atoms with van der Waals surface area (Å²) in [4.78, 5) is 4.36. The molecule has 0 bridgehead atoms. The van der Waals surface area contributed by atoms with Gasteiger partial charge in [-0.2, -0.15) is 0 Å². The molecule has 2 atom stereocenters. The number of benzene rings is 1. The van der Waals surface area contributed by atoms with Gasteiger partial charge in [0.05, 0.1) is 21.6 Å². The summed E-state index contributed by atoms with van der Waals surface area (Å²) in [5.41, 5.74) is 10.9. The Bertz CT molecular complexity index is 564. The van der Waals surface area contributed by atoms with E-state index >= 15 is 0 Å². The fourth-order valence-corrected chi connectivity index (χ4v) is 3.86. The highest BCUT2D eigenvalue weighted by Gasteiger charge is 2.24. The van der Waals surface area contributed by atoms with E-state index in [0.29, 0.717) is 6.04 Å². The Hall–Kier alpha value is -1.29. The third-order valence-electron chi connectivity index (χ3n) is 4.32. The minimum atomic E-state index is 0.567. The van der Waals surface area contributed by atoms with Crippen molar-refractivity contribution in [2.75, 3.05) is 11.1 Å². The van der Waals surface area contributed by atoms with Crippen molar-refractivity contribution in [3.8, 4) is 0 Å². The van der Waals surface area contributed by atoms with E-state index in [-0.39, 0.29) is 0 Å². The molecule has 1 saturated carbocycles. The predicted molar refractivity (Wildman–Crippen MR) is 83.7 cm³/mol. The maximum Gasteiger partial charge on any atom is 0.106 e. The molecule has 0 radical (unpaired) electrons. The van der Waals surface area contributed by atoms with Crippen LogP contribution >= 0.6 is 11.3 Å². The molecule has 1 aliphatic carbocycles. The summed E-state index contributed by atoms with van der Waals surface area (Å²) < 4.78 is 1.17. The lowest BCUT2D eigenvalue weighted by atomic mass is 9.83. The summed E-state index contributed by atoms with van der Waals surface area (Å²) in [6, 6.07) is 4.80. The van der Waals surface area contributed by atoms with Crippen molar-refractivity contribution in [2.24, 2.45) is 5.92 Å². The van der Waals surface area contributed by atoms with E-state index in [9.17, 15) is 0 Å². The van der Waals surface area contributed by atoms with Crippen LogP contribution in [0.5, 0.6) is 0 Å². The minimum absolute atomic E-state index is 0.567. The molecule has 1 heterocycles. The van der Waals surface area contributed by atoms with Crippen molar-refractivity contribution in [1.29, 1.82) is 0 Å². The first kappa shape index (κ1) is 12.7. The van der Waals surface area contributed by atoms with E-state index in [1.165, 1.54) is 36.8 Å². The number of rotatable bonds is 3. The van der Waals surface area contributed by atoms with Crippen LogP contribution in [0.3, 0.4) is 0 Å². The molecule has 3 rings (SSSR count). The molecule has 0 aliphatic heterocycles. The first-order valence-electron chi connectivity index (χ1n) is 7.17. The van der Waals surface area contributed by atoms with Crippen LogP contribution in [-0.4, -0.2) is 11.0 Å². The van der Waals surface area contributed by atoms with Gasteiger partial charge >= 0.3 is 0 Å². The number of nitrogen functional groups attached to an aromatic ring is 1. The van der Waals surface area contributed by atoms with E-state index < -0.39 is 0 Å². The monoisotopic (exact) mass is 275 g/mol. The van der Waals surface area contributed by atoms with E-state index in [4.69, 9.17) is 5.73 Å². The summed E-state index contributed by atoms with van der Waals surface area (Å²) in [7, 11) is 0. The van der Waals surface area contributed by atoms with Gasteiger partial charge in [-0.05, 0) is 30.9 Å². The van der Waals surface area contributed by atoms with Crippen LogP contribution < -0.4 is 11.1 Å². The van der Waals surface area contributed by atoms with Gasteiger partial charge in [0.1, 0.15) is 5.52 Å². The lowest BCUT2D eigenvalue weighted by molar-refractivity contribution is 0.317. The maximum atomic E-state index is 6.25. The Kier molecular flexibility index (Phi) is 3.60. The van der Waals surface area contributed by atoms with Crippen molar-refractivity contribution in [1.82, 2.24) is 4.98 Å². The van der Waals surface area contributed by atoms with E-state index in [2.05, 4.69) is 29.4 Å². The Morgan fingerprint density at radius 1 is 1.37 bits per heavy atom. The number of hydrogen-bond donors (Lipinski definition) is 2. The molecule has 2 aromatic rings. The largest absolute Gasteiger partial charge is 0.395 e. The smallest absolute Gasteiger partial charge is 0.106 e. The summed E-state index contributed by atoms with van der Waals surface area (Å²) in [6.07, 6.45) is 6.54. The van der Waals surface area contributed by atoms with Crippen LogP contribution in [0.2, 0.25) is 0 Å². The summed E-state index contributed by atoms with van der Waals surface area (Å²) in [5, 5.41) is 3.67. The van der Waals surface area contributed by atoms with Crippen LogP contribution in [0.1, 0.15) is 39.0 Å². The highest BCUT2D eigenvalue weighted by Crippen LogP contribution is 2.34. The topological polar surface area (TPSA) is 50.9 Å².